The zero-order valence-corrected chi connectivity index (χ0v) is 12.4. The van der Waals surface area contributed by atoms with Crippen LogP contribution in [-0.4, -0.2) is 22.5 Å². The number of hydrogen-bond donors (Lipinski definition) is 0. The molecule has 0 aliphatic heterocycles. The second-order valence-electron chi connectivity index (χ2n) is 5.08. The van der Waals surface area contributed by atoms with Crippen molar-refractivity contribution in [2.24, 2.45) is 5.92 Å². The molecule has 1 heterocycles. The lowest BCUT2D eigenvalue weighted by molar-refractivity contribution is -0.384. The highest BCUT2D eigenvalue weighted by atomic mass is 32.2. The fourth-order valence-corrected chi connectivity index (χ4v) is 3.01. The van der Waals surface area contributed by atoms with Crippen LogP contribution in [0, 0.1) is 16.0 Å². The molecule has 1 aromatic heterocycles. The maximum absolute atomic E-state index is 12.3. The topological polar surface area (TPSA) is 95.1 Å². The Labute approximate surface area is 122 Å². The third-order valence-corrected chi connectivity index (χ3v) is 4.43. The average Bonchev–Trinajstić information content (AvgIpc) is 2.89. The van der Waals surface area contributed by atoms with E-state index in [-0.39, 0.29) is 10.6 Å². The molecule has 0 spiro atoms. The van der Waals surface area contributed by atoms with Gasteiger partial charge in [-0.2, -0.15) is 17.6 Å². The average molecular weight is 309 g/mol. The van der Waals surface area contributed by atoms with Gasteiger partial charge in [0.2, 0.25) is 0 Å². The van der Waals surface area contributed by atoms with E-state index in [2.05, 4.69) is 18.9 Å². The van der Waals surface area contributed by atoms with Crippen molar-refractivity contribution in [3.63, 3.8) is 0 Å². The van der Waals surface area contributed by atoms with E-state index in [1.54, 1.807) is 12.1 Å². The summed E-state index contributed by atoms with van der Waals surface area (Å²) in [5, 5.41) is 14.1. The standard InChI is InChI=1S/C13H15N3O4S/c1-10(2)7-11-3-5-13(6-4-11)21(19,20)15-9-12(8-14-15)16(17)18/h3-6,8-10H,7H2,1-2H3. The summed E-state index contributed by atoms with van der Waals surface area (Å²) in [5.41, 5.74) is 0.672. The van der Waals surface area contributed by atoms with Crippen LogP contribution < -0.4 is 0 Å². The third-order valence-electron chi connectivity index (χ3n) is 2.87. The number of benzene rings is 1. The summed E-state index contributed by atoms with van der Waals surface area (Å²) in [6.07, 6.45) is 2.65. The molecule has 21 heavy (non-hydrogen) atoms. The molecule has 2 aromatic rings. The summed E-state index contributed by atoms with van der Waals surface area (Å²) in [5.74, 6) is 0.473. The SMILES string of the molecule is CC(C)Cc1ccc(S(=O)(=O)n2cc([N+](=O)[O-])cn2)cc1. The van der Waals surface area contributed by atoms with Crippen molar-refractivity contribution in [2.45, 2.75) is 25.2 Å². The molecule has 0 saturated heterocycles. The molecule has 0 N–H and O–H groups in total. The van der Waals surface area contributed by atoms with Gasteiger partial charge in [-0.05, 0) is 30.0 Å². The first-order valence-electron chi connectivity index (χ1n) is 6.34. The predicted molar refractivity (Wildman–Crippen MR) is 76.4 cm³/mol. The molecular formula is C13H15N3O4S. The highest BCUT2D eigenvalue weighted by Gasteiger charge is 2.21. The molecule has 0 aliphatic carbocycles. The molecule has 0 radical (unpaired) electrons. The lowest BCUT2D eigenvalue weighted by atomic mass is 10.0. The number of rotatable bonds is 5. The van der Waals surface area contributed by atoms with Gasteiger partial charge in [-0.25, -0.2) is 0 Å². The summed E-state index contributed by atoms with van der Waals surface area (Å²) in [7, 11) is -3.90. The Kier molecular flexibility index (Phi) is 4.08. The predicted octanol–water partition coefficient (Wildman–Crippen LogP) is 2.23. The minimum atomic E-state index is -3.90. The molecule has 0 unspecified atom stereocenters. The van der Waals surface area contributed by atoms with E-state index in [4.69, 9.17) is 0 Å². The van der Waals surface area contributed by atoms with Gasteiger partial charge in [0.25, 0.3) is 10.0 Å². The number of nitrogens with zero attached hydrogens (tertiary/aromatic N) is 3. The van der Waals surface area contributed by atoms with Crippen LogP contribution in [0.4, 0.5) is 5.69 Å². The Bertz CT molecular complexity index is 748. The minimum Gasteiger partial charge on any atom is -0.258 e. The number of nitro groups is 1. The van der Waals surface area contributed by atoms with E-state index in [9.17, 15) is 18.5 Å². The lowest BCUT2D eigenvalue weighted by Gasteiger charge is -2.07. The van der Waals surface area contributed by atoms with Crippen molar-refractivity contribution < 1.29 is 13.3 Å². The van der Waals surface area contributed by atoms with Crippen LogP contribution in [0.3, 0.4) is 0 Å². The molecule has 0 bridgehead atoms. The van der Waals surface area contributed by atoms with E-state index < -0.39 is 14.9 Å². The third kappa shape index (κ3) is 3.27. The molecule has 0 fully saturated rings. The zero-order chi connectivity index (χ0) is 15.6. The van der Waals surface area contributed by atoms with Gasteiger partial charge in [0, 0.05) is 0 Å². The van der Waals surface area contributed by atoms with Crippen molar-refractivity contribution in [3.8, 4) is 0 Å². The molecule has 0 atom stereocenters. The normalized spacial score (nSPS) is 11.8. The van der Waals surface area contributed by atoms with Crippen LogP contribution in [0.1, 0.15) is 19.4 Å². The van der Waals surface area contributed by atoms with Crippen molar-refractivity contribution >= 4 is 15.7 Å². The maximum atomic E-state index is 12.3. The molecular weight excluding hydrogens is 294 g/mol. The summed E-state index contributed by atoms with van der Waals surface area (Å²) >= 11 is 0. The largest absolute Gasteiger partial charge is 0.308 e. The molecule has 0 amide bonds. The summed E-state index contributed by atoms with van der Waals surface area (Å²) in [6.45, 7) is 4.15. The number of hydrogen-bond acceptors (Lipinski definition) is 5. The Morgan fingerprint density at radius 1 is 1.29 bits per heavy atom. The van der Waals surface area contributed by atoms with Crippen molar-refractivity contribution in [1.82, 2.24) is 9.19 Å². The molecule has 0 saturated carbocycles. The van der Waals surface area contributed by atoms with Crippen LogP contribution in [0.5, 0.6) is 0 Å². The first kappa shape index (κ1) is 15.2. The fourth-order valence-electron chi connectivity index (χ4n) is 1.90. The van der Waals surface area contributed by atoms with Gasteiger partial charge in [-0.1, -0.05) is 26.0 Å². The maximum Gasteiger partial charge on any atom is 0.308 e. The summed E-state index contributed by atoms with van der Waals surface area (Å²) < 4.78 is 25.2. The second-order valence-corrected chi connectivity index (χ2v) is 6.87. The van der Waals surface area contributed by atoms with Crippen LogP contribution in [0.15, 0.2) is 41.6 Å². The van der Waals surface area contributed by atoms with E-state index in [1.165, 1.54) is 12.1 Å². The Hall–Kier alpha value is -2.22. The fraction of sp³-hybridized carbons (Fsp3) is 0.308. The van der Waals surface area contributed by atoms with Crippen LogP contribution in [0.2, 0.25) is 0 Å². The Morgan fingerprint density at radius 3 is 2.38 bits per heavy atom. The highest BCUT2D eigenvalue weighted by molar-refractivity contribution is 7.89. The lowest BCUT2D eigenvalue weighted by Crippen LogP contribution is -2.13. The second kappa shape index (κ2) is 5.65. The van der Waals surface area contributed by atoms with Gasteiger partial charge in [-0.15, -0.1) is 0 Å². The smallest absolute Gasteiger partial charge is 0.258 e. The van der Waals surface area contributed by atoms with Gasteiger partial charge >= 0.3 is 5.69 Å². The number of aromatic nitrogens is 2. The van der Waals surface area contributed by atoms with Crippen LogP contribution >= 0.6 is 0 Å². The van der Waals surface area contributed by atoms with E-state index in [0.717, 1.165) is 24.4 Å². The first-order valence-corrected chi connectivity index (χ1v) is 7.78. The van der Waals surface area contributed by atoms with Crippen LogP contribution in [-0.2, 0) is 16.4 Å². The van der Waals surface area contributed by atoms with Gasteiger partial charge in [0.05, 0.1) is 9.82 Å². The molecule has 7 nitrogen and oxygen atoms in total. The van der Waals surface area contributed by atoms with Gasteiger partial charge in [-0.3, -0.25) is 10.1 Å². The molecule has 112 valence electrons. The molecule has 8 heteroatoms. The minimum absolute atomic E-state index is 0.0491. The first-order chi connectivity index (χ1) is 9.80. The quantitative estimate of drug-likeness (QED) is 0.623. The molecule has 1 aromatic carbocycles. The molecule has 2 rings (SSSR count). The van der Waals surface area contributed by atoms with Gasteiger partial charge in [0.15, 0.2) is 0 Å². The Balaban J connectivity index is 2.32. The Morgan fingerprint density at radius 2 is 1.90 bits per heavy atom. The van der Waals surface area contributed by atoms with Crippen LogP contribution in [0.25, 0.3) is 0 Å². The summed E-state index contributed by atoms with van der Waals surface area (Å²) in [6, 6.07) is 6.46. The summed E-state index contributed by atoms with van der Waals surface area (Å²) in [4.78, 5) is 9.94. The molecule has 0 aliphatic rings. The van der Waals surface area contributed by atoms with Crippen molar-refractivity contribution in [1.29, 1.82) is 0 Å². The van der Waals surface area contributed by atoms with Gasteiger partial charge in [0.1, 0.15) is 12.4 Å². The zero-order valence-electron chi connectivity index (χ0n) is 11.6. The van der Waals surface area contributed by atoms with E-state index >= 15 is 0 Å². The van der Waals surface area contributed by atoms with Crippen molar-refractivity contribution in [2.75, 3.05) is 0 Å². The van der Waals surface area contributed by atoms with Crippen molar-refractivity contribution in [3.05, 3.63) is 52.3 Å². The van der Waals surface area contributed by atoms with Gasteiger partial charge < -0.3 is 0 Å². The van der Waals surface area contributed by atoms with E-state index in [0.29, 0.717) is 10.0 Å². The van der Waals surface area contributed by atoms with E-state index in [1.807, 2.05) is 0 Å². The monoisotopic (exact) mass is 309 g/mol. The highest BCUT2D eigenvalue weighted by Crippen LogP contribution is 2.18.